The molecule has 0 aromatic heterocycles. The van der Waals surface area contributed by atoms with Crippen molar-refractivity contribution in [3.63, 3.8) is 0 Å². The molecule has 0 fully saturated rings. The molecule has 0 bridgehead atoms. The van der Waals surface area contributed by atoms with Crippen LogP contribution in [0.3, 0.4) is 0 Å². The highest BCUT2D eigenvalue weighted by molar-refractivity contribution is 6.71. The first-order valence-corrected chi connectivity index (χ1v) is 6.72. The van der Waals surface area contributed by atoms with Gasteiger partial charge < -0.3 is 9.47 Å². The smallest absolute Gasteiger partial charge is 0.160 e. The van der Waals surface area contributed by atoms with E-state index >= 15 is 0 Å². The van der Waals surface area contributed by atoms with Gasteiger partial charge in [-0.05, 0) is 11.3 Å². The summed E-state index contributed by atoms with van der Waals surface area (Å²) in [5.41, 5.74) is 0. The summed E-state index contributed by atoms with van der Waals surface area (Å²) in [7, 11) is 2.86. The lowest BCUT2D eigenvalue weighted by Gasteiger charge is -2.13. The minimum absolute atomic E-state index is 0.491. The average Bonchev–Trinajstić information content (AvgIpc) is 2.16. The van der Waals surface area contributed by atoms with Crippen molar-refractivity contribution in [1.29, 1.82) is 0 Å². The van der Waals surface area contributed by atoms with Crippen molar-refractivity contribution in [3.8, 4) is 11.5 Å². The van der Waals surface area contributed by atoms with Gasteiger partial charge in [-0.3, -0.25) is 0 Å². The van der Waals surface area contributed by atoms with E-state index in [1.54, 1.807) is 14.2 Å². The highest BCUT2D eigenvalue weighted by Crippen LogP contribution is 2.24. The average molecular weight is 195 g/mol. The second-order valence-corrected chi connectivity index (χ2v) is 5.58. The highest BCUT2D eigenvalue weighted by atomic mass is 28.3. The summed E-state index contributed by atoms with van der Waals surface area (Å²) in [6.07, 6.45) is 0. The van der Waals surface area contributed by atoms with E-state index in [0.717, 1.165) is 11.5 Å². The molecule has 0 saturated heterocycles. The van der Waals surface area contributed by atoms with Crippen molar-refractivity contribution in [1.82, 2.24) is 0 Å². The predicted molar refractivity (Wildman–Crippen MR) is 56.7 cm³/mol. The normalized spacial score (nSPS) is 10.2. The zero-order valence-corrected chi connectivity index (χ0v) is 9.55. The lowest BCUT2D eigenvalue weighted by Crippen LogP contribution is -2.24. The van der Waals surface area contributed by atoms with Gasteiger partial charge in [-0.2, -0.15) is 0 Å². The molecule has 0 aliphatic rings. The molecular weight excluding hydrogens is 180 g/mol. The topological polar surface area (TPSA) is 18.5 Å². The Bertz CT molecular complexity index is 284. The molecule has 0 saturated carbocycles. The number of para-hydroxylation sites is 1. The zero-order valence-electron chi connectivity index (χ0n) is 8.55. The van der Waals surface area contributed by atoms with E-state index in [9.17, 15) is 0 Å². The Hall–Kier alpha value is -0.963. The van der Waals surface area contributed by atoms with Crippen molar-refractivity contribution < 1.29 is 9.47 Å². The fourth-order valence-corrected chi connectivity index (χ4v) is 2.39. The van der Waals surface area contributed by atoms with Crippen molar-refractivity contribution >= 4 is 14.0 Å². The number of methoxy groups -OCH3 is 2. The maximum absolute atomic E-state index is 5.33. The van der Waals surface area contributed by atoms with Crippen LogP contribution in [-0.2, 0) is 0 Å². The van der Waals surface area contributed by atoms with Crippen molar-refractivity contribution in [3.05, 3.63) is 18.2 Å². The maximum atomic E-state index is 5.33. The Morgan fingerprint density at radius 1 is 1.08 bits per heavy atom. The van der Waals surface area contributed by atoms with Crippen LogP contribution in [0.25, 0.3) is 0 Å². The van der Waals surface area contributed by atoms with Crippen LogP contribution in [0.15, 0.2) is 18.2 Å². The molecule has 1 aromatic rings. The number of benzene rings is 1. The maximum Gasteiger partial charge on any atom is 0.160 e. The molecule has 0 unspecified atom stereocenters. The van der Waals surface area contributed by atoms with Gasteiger partial charge in [-0.15, -0.1) is 0 Å². The van der Waals surface area contributed by atoms with Crippen LogP contribution < -0.4 is 14.7 Å². The molecule has 13 heavy (non-hydrogen) atoms. The van der Waals surface area contributed by atoms with Gasteiger partial charge in [0, 0.05) is 0 Å². The Morgan fingerprint density at radius 3 is 2.23 bits per heavy atom. The van der Waals surface area contributed by atoms with Crippen LogP contribution in [-0.4, -0.2) is 23.0 Å². The first-order valence-electron chi connectivity index (χ1n) is 4.22. The Balaban J connectivity index is 3.19. The molecule has 1 radical (unpaired) electrons. The van der Waals surface area contributed by atoms with Gasteiger partial charge >= 0.3 is 0 Å². The van der Waals surface area contributed by atoms with Crippen molar-refractivity contribution in [2.75, 3.05) is 14.2 Å². The van der Waals surface area contributed by atoms with Crippen LogP contribution in [0.2, 0.25) is 13.1 Å². The third kappa shape index (κ3) is 2.04. The molecule has 3 heteroatoms. The molecule has 0 aliphatic carbocycles. The third-order valence-electron chi connectivity index (χ3n) is 1.94. The molecule has 0 atom stereocenters. The molecule has 1 rings (SSSR count). The van der Waals surface area contributed by atoms with Gasteiger partial charge in [0.25, 0.3) is 0 Å². The van der Waals surface area contributed by atoms with E-state index < -0.39 is 8.80 Å². The van der Waals surface area contributed by atoms with Gasteiger partial charge in [0.15, 0.2) is 11.5 Å². The van der Waals surface area contributed by atoms with Gasteiger partial charge in [-0.1, -0.05) is 25.2 Å². The van der Waals surface area contributed by atoms with Gasteiger partial charge in [0.1, 0.15) is 0 Å². The molecule has 0 N–H and O–H groups in total. The molecule has 71 valence electrons. The second kappa shape index (κ2) is 4.32. The quantitative estimate of drug-likeness (QED) is 0.683. The number of hydrogen-bond acceptors (Lipinski definition) is 2. The lowest BCUT2D eigenvalue weighted by atomic mass is 10.3. The summed E-state index contributed by atoms with van der Waals surface area (Å²) in [5.74, 6) is 1.72. The van der Waals surface area contributed by atoms with Crippen LogP contribution in [0, 0.1) is 0 Å². The van der Waals surface area contributed by atoms with Crippen LogP contribution in [0.1, 0.15) is 0 Å². The van der Waals surface area contributed by atoms with Crippen molar-refractivity contribution in [2.24, 2.45) is 0 Å². The minimum atomic E-state index is -0.491. The Morgan fingerprint density at radius 2 is 1.77 bits per heavy atom. The van der Waals surface area contributed by atoms with E-state index in [0.29, 0.717) is 0 Å². The number of hydrogen-bond donors (Lipinski definition) is 0. The summed E-state index contributed by atoms with van der Waals surface area (Å²) in [5, 5.41) is 1.28. The molecule has 1 aromatic carbocycles. The largest absolute Gasteiger partial charge is 0.493 e. The van der Waals surface area contributed by atoms with Gasteiger partial charge in [0.2, 0.25) is 0 Å². The predicted octanol–water partition coefficient (Wildman–Crippen LogP) is 1.67. The third-order valence-corrected chi connectivity index (χ3v) is 3.41. The summed E-state index contributed by atoms with van der Waals surface area (Å²) < 4.78 is 10.5. The van der Waals surface area contributed by atoms with Crippen LogP contribution in [0.5, 0.6) is 11.5 Å². The van der Waals surface area contributed by atoms with Crippen LogP contribution >= 0.6 is 0 Å². The van der Waals surface area contributed by atoms with E-state index in [4.69, 9.17) is 9.47 Å². The highest BCUT2D eigenvalue weighted by Gasteiger charge is 2.12. The SMILES string of the molecule is COc1cccc([Si](C)C)c1OC. The standard InChI is InChI=1S/C10H15O2Si/c1-11-8-6-5-7-9(13(3)4)10(8)12-2/h5-7H,1-4H3. The molecule has 2 nitrogen and oxygen atoms in total. The zero-order chi connectivity index (χ0) is 9.84. The van der Waals surface area contributed by atoms with Gasteiger partial charge in [0.05, 0.1) is 23.0 Å². The molecule has 0 amide bonds. The van der Waals surface area contributed by atoms with E-state index in [-0.39, 0.29) is 0 Å². The van der Waals surface area contributed by atoms with E-state index in [1.807, 2.05) is 12.1 Å². The Labute approximate surface area is 81.1 Å². The van der Waals surface area contributed by atoms with Crippen LogP contribution in [0.4, 0.5) is 0 Å². The minimum Gasteiger partial charge on any atom is -0.493 e. The monoisotopic (exact) mass is 195 g/mol. The first-order chi connectivity index (χ1) is 6.20. The van der Waals surface area contributed by atoms with Gasteiger partial charge in [-0.25, -0.2) is 0 Å². The lowest BCUT2D eigenvalue weighted by molar-refractivity contribution is 0.357. The molecule has 0 heterocycles. The summed E-state index contributed by atoms with van der Waals surface area (Å²) in [6, 6.07) is 6.04. The van der Waals surface area contributed by atoms with Crippen molar-refractivity contribution in [2.45, 2.75) is 13.1 Å². The number of ether oxygens (including phenoxy) is 2. The molecule has 0 aliphatic heterocycles. The Kier molecular flexibility index (Phi) is 3.37. The summed E-state index contributed by atoms with van der Waals surface area (Å²) in [4.78, 5) is 0. The fourth-order valence-electron chi connectivity index (χ4n) is 1.28. The summed E-state index contributed by atoms with van der Waals surface area (Å²) >= 11 is 0. The molecule has 0 spiro atoms. The first kappa shape index (κ1) is 10.1. The second-order valence-electron chi connectivity index (χ2n) is 3.04. The summed E-state index contributed by atoms with van der Waals surface area (Å²) in [6.45, 7) is 4.48. The molecular formula is C10H15O2Si. The van der Waals surface area contributed by atoms with E-state index in [1.165, 1.54) is 5.19 Å². The van der Waals surface area contributed by atoms with E-state index in [2.05, 4.69) is 19.2 Å². The number of rotatable bonds is 3. The fraction of sp³-hybridized carbons (Fsp3) is 0.400.